The molecule has 32 heavy (non-hydrogen) atoms. The van der Waals surface area contributed by atoms with Crippen molar-refractivity contribution in [1.29, 1.82) is 0 Å². The van der Waals surface area contributed by atoms with Crippen molar-refractivity contribution in [3.8, 4) is 5.75 Å². The van der Waals surface area contributed by atoms with Gasteiger partial charge in [-0.05, 0) is 42.5 Å². The van der Waals surface area contributed by atoms with Gasteiger partial charge in [0.1, 0.15) is 5.75 Å². The Morgan fingerprint density at radius 3 is 2.34 bits per heavy atom. The lowest BCUT2D eigenvalue weighted by Crippen LogP contribution is -2.31. The van der Waals surface area contributed by atoms with Crippen molar-refractivity contribution in [1.82, 2.24) is 0 Å². The molecule has 1 aliphatic rings. The molecule has 1 amide bonds. The first-order valence-corrected chi connectivity index (χ1v) is 9.64. The molecule has 1 N–H and O–H groups in total. The minimum Gasteiger partial charge on any atom is -0.503 e. The highest BCUT2D eigenvalue weighted by Crippen LogP contribution is 2.44. The summed E-state index contributed by atoms with van der Waals surface area (Å²) in [5, 5.41) is 10.7. The molecule has 0 bridgehead atoms. The zero-order chi connectivity index (χ0) is 22.8. The van der Waals surface area contributed by atoms with E-state index in [0.29, 0.717) is 22.6 Å². The van der Waals surface area contributed by atoms with Gasteiger partial charge in [0, 0.05) is 11.3 Å². The Balaban J connectivity index is 1.87. The Kier molecular flexibility index (Phi) is 5.51. The number of esters is 1. The summed E-state index contributed by atoms with van der Waals surface area (Å²) in [5.74, 6) is -2.17. The van der Waals surface area contributed by atoms with Gasteiger partial charge in [-0.25, -0.2) is 4.79 Å². The molecule has 162 valence electrons. The van der Waals surface area contributed by atoms with Crippen LogP contribution < -0.4 is 9.64 Å². The van der Waals surface area contributed by atoms with Crippen LogP contribution in [0.1, 0.15) is 32.5 Å². The number of carbonyl (C=O) groups excluding carboxylic acids is 3. The van der Waals surface area contributed by atoms with E-state index >= 15 is 0 Å². The molecule has 0 spiro atoms. The molecule has 0 saturated heterocycles. The maximum atomic E-state index is 13.2. The molecule has 1 aliphatic heterocycles. The number of benzene rings is 2. The Morgan fingerprint density at radius 1 is 1.00 bits per heavy atom. The highest BCUT2D eigenvalue weighted by atomic mass is 16.5. The fourth-order valence-electron chi connectivity index (χ4n) is 3.71. The fourth-order valence-corrected chi connectivity index (χ4v) is 3.71. The lowest BCUT2D eigenvalue weighted by Gasteiger charge is -2.28. The molecule has 2 aromatic carbocycles. The summed E-state index contributed by atoms with van der Waals surface area (Å²) in [6, 6.07) is 15.0. The van der Waals surface area contributed by atoms with E-state index in [1.165, 1.54) is 43.6 Å². The average Bonchev–Trinajstić information content (AvgIpc) is 3.45. The van der Waals surface area contributed by atoms with Crippen molar-refractivity contribution in [3.05, 3.63) is 95.1 Å². The number of methoxy groups -OCH3 is 2. The Bertz CT molecular complexity index is 1210. The molecule has 1 aromatic heterocycles. The first kappa shape index (κ1) is 20.9. The Hall–Kier alpha value is -4.33. The number of hydrogen-bond donors (Lipinski definition) is 1. The fraction of sp³-hybridized carbons (Fsp3) is 0.125. The third-order valence-electron chi connectivity index (χ3n) is 5.20. The van der Waals surface area contributed by atoms with Gasteiger partial charge in [0.05, 0.1) is 37.7 Å². The number of ether oxygens (including phenoxy) is 2. The van der Waals surface area contributed by atoms with Crippen LogP contribution in [0.3, 0.4) is 0 Å². The number of Topliss-reactive ketones (excluding diaryl/α,β-unsaturated/α-hetero) is 1. The number of nitrogens with zero attached hydrogens (tertiary/aromatic N) is 1. The van der Waals surface area contributed by atoms with Gasteiger partial charge in [0.25, 0.3) is 5.91 Å². The van der Waals surface area contributed by atoms with Gasteiger partial charge < -0.3 is 19.0 Å². The smallest absolute Gasteiger partial charge is 0.337 e. The highest BCUT2D eigenvalue weighted by molar-refractivity contribution is 6.20. The number of carbonyl (C=O) groups is 3. The van der Waals surface area contributed by atoms with Crippen LogP contribution in [0.2, 0.25) is 0 Å². The second-order valence-corrected chi connectivity index (χ2v) is 6.93. The number of hydrogen-bond acceptors (Lipinski definition) is 7. The largest absolute Gasteiger partial charge is 0.503 e. The molecule has 0 fully saturated rings. The molecule has 2 heterocycles. The Morgan fingerprint density at radius 2 is 1.72 bits per heavy atom. The minimum atomic E-state index is -0.986. The average molecular weight is 433 g/mol. The number of aliphatic hydroxyl groups excluding tert-OH is 1. The van der Waals surface area contributed by atoms with Crippen molar-refractivity contribution in [2.45, 2.75) is 6.04 Å². The number of anilines is 1. The van der Waals surface area contributed by atoms with Gasteiger partial charge in [-0.1, -0.05) is 18.2 Å². The summed E-state index contributed by atoms with van der Waals surface area (Å²) in [6.07, 6.45) is 1.34. The number of amides is 1. The summed E-state index contributed by atoms with van der Waals surface area (Å²) in [5.41, 5.74) is 1.03. The van der Waals surface area contributed by atoms with Crippen LogP contribution in [0.15, 0.2) is 82.7 Å². The molecule has 8 heteroatoms. The van der Waals surface area contributed by atoms with Crippen molar-refractivity contribution < 1.29 is 33.4 Å². The summed E-state index contributed by atoms with van der Waals surface area (Å²) in [7, 11) is 2.75. The maximum absolute atomic E-state index is 13.2. The van der Waals surface area contributed by atoms with E-state index in [0.717, 1.165) is 0 Å². The first-order valence-electron chi connectivity index (χ1n) is 9.64. The van der Waals surface area contributed by atoms with Crippen LogP contribution in [0.4, 0.5) is 5.69 Å². The van der Waals surface area contributed by atoms with E-state index in [1.54, 1.807) is 42.5 Å². The molecule has 1 unspecified atom stereocenters. The summed E-state index contributed by atoms with van der Waals surface area (Å²) in [4.78, 5) is 39.4. The van der Waals surface area contributed by atoms with Gasteiger partial charge in [-0.2, -0.15) is 0 Å². The van der Waals surface area contributed by atoms with Crippen molar-refractivity contribution in [2.24, 2.45) is 0 Å². The van der Waals surface area contributed by atoms with Crippen LogP contribution in [0.5, 0.6) is 5.75 Å². The molecule has 8 nitrogen and oxygen atoms in total. The summed E-state index contributed by atoms with van der Waals surface area (Å²) < 4.78 is 15.4. The SMILES string of the molecule is COC(=O)c1ccc(N2C(=O)C(O)=C(C(=O)c3ccco3)C2c2ccccc2OC)cc1. The van der Waals surface area contributed by atoms with E-state index < -0.39 is 29.5 Å². The van der Waals surface area contributed by atoms with E-state index in [4.69, 9.17) is 13.9 Å². The minimum absolute atomic E-state index is 0.0119. The molecule has 1 atom stereocenters. The third kappa shape index (κ3) is 3.41. The number of aliphatic hydroxyl groups is 1. The number of furan rings is 1. The highest BCUT2D eigenvalue weighted by Gasteiger charge is 2.46. The monoisotopic (exact) mass is 433 g/mol. The predicted molar refractivity (Wildman–Crippen MR) is 114 cm³/mol. The summed E-state index contributed by atoms with van der Waals surface area (Å²) >= 11 is 0. The molecule has 0 radical (unpaired) electrons. The number of rotatable bonds is 6. The van der Waals surface area contributed by atoms with Crippen LogP contribution in [0, 0.1) is 0 Å². The zero-order valence-electron chi connectivity index (χ0n) is 17.3. The predicted octanol–water partition coefficient (Wildman–Crippen LogP) is 3.86. The van der Waals surface area contributed by atoms with Crippen LogP contribution in [0.25, 0.3) is 0 Å². The second kappa shape index (κ2) is 8.43. The Labute approximate surface area is 183 Å². The van der Waals surface area contributed by atoms with Gasteiger partial charge in [0.2, 0.25) is 5.78 Å². The van der Waals surface area contributed by atoms with Crippen LogP contribution >= 0.6 is 0 Å². The van der Waals surface area contributed by atoms with Crippen molar-refractivity contribution >= 4 is 23.3 Å². The van der Waals surface area contributed by atoms with Gasteiger partial charge in [-0.15, -0.1) is 0 Å². The lowest BCUT2D eigenvalue weighted by molar-refractivity contribution is -0.117. The second-order valence-electron chi connectivity index (χ2n) is 6.93. The lowest BCUT2D eigenvalue weighted by atomic mass is 9.94. The third-order valence-corrected chi connectivity index (χ3v) is 5.20. The van der Waals surface area contributed by atoms with Crippen molar-refractivity contribution in [3.63, 3.8) is 0 Å². The normalized spacial score (nSPS) is 15.8. The molecule has 0 aliphatic carbocycles. The molecule has 0 saturated carbocycles. The van der Waals surface area contributed by atoms with Gasteiger partial charge in [0.15, 0.2) is 11.5 Å². The summed E-state index contributed by atoms with van der Waals surface area (Å²) in [6.45, 7) is 0. The quantitative estimate of drug-likeness (QED) is 0.465. The van der Waals surface area contributed by atoms with E-state index in [9.17, 15) is 19.5 Å². The van der Waals surface area contributed by atoms with E-state index in [1.807, 2.05) is 0 Å². The molecular formula is C24H19NO7. The number of para-hydroxylation sites is 1. The standard InChI is InChI=1S/C24H19NO7/c1-30-17-7-4-3-6-16(17)20-19(21(26)18-8-5-13-32-18)22(27)23(28)25(20)15-11-9-14(10-12-15)24(29)31-2/h3-13,20,27H,1-2H3. The number of ketones is 1. The molecule has 4 rings (SSSR count). The van der Waals surface area contributed by atoms with E-state index in [2.05, 4.69) is 0 Å². The first-order chi connectivity index (χ1) is 15.5. The van der Waals surface area contributed by atoms with Gasteiger partial charge in [-0.3, -0.25) is 14.5 Å². The maximum Gasteiger partial charge on any atom is 0.337 e. The molecular weight excluding hydrogens is 414 g/mol. The van der Waals surface area contributed by atoms with Crippen molar-refractivity contribution in [2.75, 3.05) is 19.1 Å². The molecule has 3 aromatic rings. The van der Waals surface area contributed by atoms with Crippen LogP contribution in [-0.4, -0.2) is 37.0 Å². The topological polar surface area (TPSA) is 106 Å². The zero-order valence-corrected chi connectivity index (χ0v) is 17.3. The van der Waals surface area contributed by atoms with E-state index in [-0.39, 0.29) is 11.3 Å². The van der Waals surface area contributed by atoms with Gasteiger partial charge >= 0.3 is 5.97 Å². The van der Waals surface area contributed by atoms with Crippen LogP contribution in [-0.2, 0) is 9.53 Å².